The zero-order valence-electron chi connectivity index (χ0n) is 6.79. The first-order valence-corrected chi connectivity index (χ1v) is 5.00. The van der Waals surface area contributed by atoms with Gasteiger partial charge in [0.2, 0.25) is 0 Å². The van der Waals surface area contributed by atoms with Crippen LogP contribution in [0.4, 0.5) is 0 Å². The van der Waals surface area contributed by atoms with Crippen molar-refractivity contribution < 1.29 is 0 Å². The Morgan fingerprint density at radius 1 is 1.54 bits per heavy atom. The standard InChI is InChI=1S/C9H7ClNOS/c1-2-11-8-6(10)4-3-5-7(8)13-9(11)12/h3-5H,1-2H2. The van der Waals surface area contributed by atoms with E-state index in [2.05, 4.69) is 6.92 Å². The second-order valence-electron chi connectivity index (χ2n) is 2.61. The maximum Gasteiger partial charge on any atom is 0.308 e. The second-order valence-corrected chi connectivity index (χ2v) is 4.01. The molecule has 0 saturated heterocycles. The summed E-state index contributed by atoms with van der Waals surface area (Å²) in [6.07, 6.45) is 0. The molecule has 1 radical (unpaired) electrons. The van der Waals surface area contributed by atoms with Crippen LogP contribution in [0.25, 0.3) is 10.2 Å². The minimum absolute atomic E-state index is 0.00176. The average Bonchev–Trinajstić information content (AvgIpc) is 2.42. The molecular formula is C9H7ClNOS. The summed E-state index contributed by atoms with van der Waals surface area (Å²) in [4.78, 5) is 11.4. The predicted octanol–water partition coefficient (Wildman–Crippen LogP) is 2.55. The molecule has 2 aromatic rings. The Bertz CT molecular complexity index is 500. The molecular weight excluding hydrogens is 206 g/mol. The van der Waals surface area contributed by atoms with Crippen LogP contribution in [0, 0.1) is 6.92 Å². The number of fused-ring (bicyclic) bond motifs is 1. The lowest BCUT2D eigenvalue weighted by Gasteiger charge is -1.99. The Kier molecular flexibility index (Phi) is 2.14. The van der Waals surface area contributed by atoms with Crippen molar-refractivity contribution in [3.8, 4) is 0 Å². The summed E-state index contributed by atoms with van der Waals surface area (Å²) in [5.41, 5.74) is 0.800. The smallest absolute Gasteiger partial charge is 0.297 e. The number of thiazole rings is 1. The average molecular weight is 213 g/mol. The van der Waals surface area contributed by atoms with Gasteiger partial charge in [-0.05, 0) is 19.1 Å². The van der Waals surface area contributed by atoms with Gasteiger partial charge in [0.25, 0.3) is 0 Å². The molecule has 13 heavy (non-hydrogen) atoms. The number of hydrogen-bond acceptors (Lipinski definition) is 2. The molecule has 2 rings (SSSR count). The Balaban J connectivity index is 2.96. The highest BCUT2D eigenvalue weighted by Crippen LogP contribution is 2.24. The summed E-state index contributed by atoms with van der Waals surface area (Å²) < 4.78 is 2.50. The van der Waals surface area contributed by atoms with E-state index in [4.69, 9.17) is 11.6 Å². The van der Waals surface area contributed by atoms with Gasteiger partial charge in [0.05, 0.1) is 15.2 Å². The number of hydrogen-bond donors (Lipinski definition) is 0. The van der Waals surface area contributed by atoms with Gasteiger partial charge in [0.1, 0.15) is 0 Å². The fourth-order valence-corrected chi connectivity index (χ4v) is 2.56. The number of benzene rings is 1. The summed E-state index contributed by atoms with van der Waals surface area (Å²) >= 11 is 7.17. The Hall–Kier alpha value is -0.800. The Morgan fingerprint density at radius 3 is 3.00 bits per heavy atom. The van der Waals surface area contributed by atoms with E-state index in [-0.39, 0.29) is 4.87 Å². The number of para-hydroxylation sites is 1. The van der Waals surface area contributed by atoms with E-state index in [1.807, 2.05) is 12.1 Å². The zero-order chi connectivity index (χ0) is 9.42. The highest BCUT2D eigenvalue weighted by atomic mass is 35.5. The van der Waals surface area contributed by atoms with Crippen molar-refractivity contribution in [2.45, 2.75) is 6.54 Å². The highest BCUT2D eigenvalue weighted by Gasteiger charge is 2.07. The largest absolute Gasteiger partial charge is 0.308 e. The molecule has 1 heterocycles. The fraction of sp³-hybridized carbons (Fsp3) is 0.111. The van der Waals surface area contributed by atoms with Gasteiger partial charge in [0.15, 0.2) is 0 Å². The third-order valence-corrected chi connectivity index (χ3v) is 3.11. The van der Waals surface area contributed by atoms with Crippen LogP contribution in [0.2, 0.25) is 5.02 Å². The van der Waals surface area contributed by atoms with E-state index in [0.29, 0.717) is 11.6 Å². The number of rotatable bonds is 1. The normalized spacial score (nSPS) is 10.9. The lowest BCUT2D eigenvalue weighted by Crippen LogP contribution is -2.10. The summed E-state index contributed by atoms with van der Waals surface area (Å²) in [6, 6.07) is 5.51. The van der Waals surface area contributed by atoms with E-state index < -0.39 is 0 Å². The molecule has 0 aliphatic heterocycles. The van der Waals surface area contributed by atoms with Crippen LogP contribution in [0.3, 0.4) is 0 Å². The third-order valence-electron chi connectivity index (χ3n) is 1.86. The zero-order valence-corrected chi connectivity index (χ0v) is 8.36. The fourth-order valence-electron chi connectivity index (χ4n) is 1.28. The van der Waals surface area contributed by atoms with Gasteiger partial charge in [-0.2, -0.15) is 0 Å². The monoisotopic (exact) mass is 212 g/mol. The lowest BCUT2D eigenvalue weighted by atomic mass is 10.3. The summed E-state index contributed by atoms with van der Waals surface area (Å²) in [5.74, 6) is 0. The Morgan fingerprint density at radius 2 is 2.31 bits per heavy atom. The molecule has 0 aliphatic rings. The predicted molar refractivity (Wildman–Crippen MR) is 56.5 cm³/mol. The third kappa shape index (κ3) is 1.28. The van der Waals surface area contributed by atoms with Crippen molar-refractivity contribution in [3.63, 3.8) is 0 Å². The van der Waals surface area contributed by atoms with Crippen LogP contribution < -0.4 is 4.87 Å². The second kappa shape index (κ2) is 3.16. The van der Waals surface area contributed by atoms with Crippen molar-refractivity contribution in [3.05, 3.63) is 39.8 Å². The molecule has 0 saturated carbocycles. The highest BCUT2D eigenvalue weighted by molar-refractivity contribution is 7.16. The quantitative estimate of drug-likeness (QED) is 0.712. The molecule has 0 spiro atoms. The molecule has 0 amide bonds. The first-order chi connectivity index (χ1) is 6.24. The molecule has 0 fully saturated rings. The van der Waals surface area contributed by atoms with E-state index in [9.17, 15) is 4.79 Å². The van der Waals surface area contributed by atoms with Crippen LogP contribution in [0.1, 0.15) is 0 Å². The molecule has 1 aromatic carbocycles. The van der Waals surface area contributed by atoms with Crippen molar-refractivity contribution in [1.82, 2.24) is 4.57 Å². The summed E-state index contributed by atoms with van der Waals surface area (Å²) in [7, 11) is 0. The molecule has 0 atom stereocenters. The van der Waals surface area contributed by atoms with E-state index in [0.717, 1.165) is 10.2 Å². The topological polar surface area (TPSA) is 22.0 Å². The van der Waals surface area contributed by atoms with E-state index in [1.165, 1.54) is 11.3 Å². The van der Waals surface area contributed by atoms with Gasteiger partial charge < -0.3 is 0 Å². The Labute approximate surface area is 84.4 Å². The summed E-state index contributed by atoms with van der Waals surface area (Å²) in [5, 5.41) is 0.611. The van der Waals surface area contributed by atoms with Crippen LogP contribution in [0.15, 0.2) is 23.0 Å². The molecule has 0 bridgehead atoms. The van der Waals surface area contributed by atoms with Gasteiger partial charge >= 0.3 is 4.87 Å². The van der Waals surface area contributed by atoms with Crippen molar-refractivity contribution in [1.29, 1.82) is 0 Å². The maximum atomic E-state index is 11.4. The van der Waals surface area contributed by atoms with E-state index in [1.54, 1.807) is 10.6 Å². The lowest BCUT2D eigenvalue weighted by molar-refractivity contribution is 0.838. The molecule has 0 N–H and O–H groups in total. The van der Waals surface area contributed by atoms with Crippen molar-refractivity contribution in [2.24, 2.45) is 0 Å². The van der Waals surface area contributed by atoms with Crippen LogP contribution in [-0.2, 0) is 6.54 Å². The molecule has 0 unspecified atom stereocenters. The minimum Gasteiger partial charge on any atom is -0.297 e. The summed E-state index contributed by atoms with van der Waals surface area (Å²) in [6.45, 7) is 4.11. The molecule has 2 nitrogen and oxygen atoms in total. The molecule has 1 aromatic heterocycles. The molecule has 67 valence electrons. The van der Waals surface area contributed by atoms with Gasteiger partial charge in [-0.3, -0.25) is 9.36 Å². The molecule has 4 heteroatoms. The number of nitrogens with zero attached hydrogens (tertiary/aromatic N) is 1. The van der Waals surface area contributed by atoms with Crippen molar-refractivity contribution in [2.75, 3.05) is 0 Å². The first kappa shape index (κ1) is 8.78. The minimum atomic E-state index is -0.00176. The van der Waals surface area contributed by atoms with Crippen molar-refractivity contribution >= 4 is 33.2 Å². The SMILES string of the molecule is [CH2]Cn1c(=O)sc2cccc(Cl)c21. The van der Waals surface area contributed by atoms with Gasteiger partial charge in [-0.25, -0.2) is 0 Å². The first-order valence-electron chi connectivity index (χ1n) is 3.81. The van der Waals surface area contributed by atoms with Crippen LogP contribution in [0.5, 0.6) is 0 Å². The number of halogens is 1. The maximum absolute atomic E-state index is 11.4. The van der Waals surface area contributed by atoms with Crippen LogP contribution >= 0.6 is 22.9 Å². The van der Waals surface area contributed by atoms with Gasteiger partial charge in [0, 0.05) is 6.54 Å². The molecule has 0 aliphatic carbocycles. The van der Waals surface area contributed by atoms with Crippen LogP contribution in [-0.4, -0.2) is 4.57 Å². The van der Waals surface area contributed by atoms with Gasteiger partial charge in [-0.15, -0.1) is 0 Å². The van der Waals surface area contributed by atoms with Gasteiger partial charge in [-0.1, -0.05) is 29.0 Å². The van der Waals surface area contributed by atoms with E-state index >= 15 is 0 Å². The number of aromatic nitrogens is 1.